The van der Waals surface area contributed by atoms with Crippen molar-refractivity contribution in [3.05, 3.63) is 11.9 Å². The van der Waals surface area contributed by atoms with E-state index in [0.29, 0.717) is 17.5 Å². The molecule has 2 unspecified atom stereocenters. The van der Waals surface area contributed by atoms with E-state index in [1.165, 1.54) is 25.5 Å². The number of allylic oxidation sites excluding steroid dienone is 1. The summed E-state index contributed by atoms with van der Waals surface area (Å²) >= 11 is 0. The van der Waals surface area contributed by atoms with Crippen molar-refractivity contribution in [2.45, 2.75) is 19.3 Å². The SMILES string of the molecule is CN=C/C(=C\N)NC(=O)N1CC2CCCC2C1. The van der Waals surface area contributed by atoms with Gasteiger partial charge in [-0.25, -0.2) is 4.79 Å². The number of fused-ring (bicyclic) bond motifs is 1. The summed E-state index contributed by atoms with van der Waals surface area (Å²) in [6, 6.07) is -0.0593. The Kier molecular flexibility index (Phi) is 3.66. The number of hydrogen-bond donors (Lipinski definition) is 2. The van der Waals surface area contributed by atoms with Crippen LogP contribution < -0.4 is 11.1 Å². The Morgan fingerprint density at radius 2 is 2.06 bits per heavy atom. The maximum atomic E-state index is 12.0. The molecule has 1 heterocycles. The topological polar surface area (TPSA) is 70.7 Å². The van der Waals surface area contributed by atoms with Crippen LogP contribution in [0, 0.1) is 11.8 Å². The molecule has 1 saturated carbocycles. The Hall–Kier alpha value is -1.52. The van der Waals surface area contributed by atoms with Crippen molar-refractivity contribution in [1.82, 2.24) is 10.2 Å². The molecule has 0 bridgehead atoms. The fourth-order valence-electron chi connectivity index (χ4n) is 2.86. The van der Waals surface area contributed by atoms with E-state index in [4.69, 9.17) is 5.73 Å². The minimum atomic E-state index is -0.0593. The minimum Gasteiger partial charge on any atom is -0.403 e. The van der Waals surface area contributed by atoms with Crippen LogP contribution in [-0.4, -0.2) is 37.3 Å². The minimum absolute atomic E-state index is 0.0593. The molecule has 1 saturated heterocycles. The zero-order valence-electron chi connectivity index (χ0n) is 10.2. The molecule has 0 spiro atoms. The summed E-state index contributed by atoms with van der Waals surface area (Å²) < 4.78 is 0. The van der Waals surface area contributed by atoms with Crippen molar-refractivity contribution < 1.29 is 4.79 Å². The molecular formula is C12H20N4O. The molecule has 2 rings (SSSR count). The highest BCUT2D eigenvalue weighted by Gasteiger charge is 2.37. The van der Waals surface area contributed by atoms with Crippen LogP contribution >= 0.6 is 0 Å². The van der Waals surface area contributed by atoms with Gasteiger partial charge in [0.1, 0.15) is 0 Å². The number of rotatable bonds is 2. The van der Waals surface area contributed by atoms with E-state index in [0.717, 1.165) is 13.1 Å². The number of urea groups is 1. The Bertz CT molecular complexity index is 338. The number of nitrogens with two attached hydrogens (primary N) is 1. The van der Waals surface area contributed by atoms with Crippen molar-refractivity contribution in [2.75, 3.05) is 20.1 Å². The maximum absolute atomic E-state index is 12.0. The summed E-state index contributed by atoms with van der Waals surface area (Å²) in [6.07, 6.45) is 6.77. The number of carbonyl (C=O) groups is 1. The zero-order chi connectivity index (χ0) is 12.3. The highest BCUT2D eigenvalue weighted by molar-refractivity contribution is 5.87. The largest absolute Gasteiger partial charge is 0.403 e. The Morgan fingerprint density at radius 3 is 2.59 bits per heavy atom. The van der Waals surface area contributed by atoms with Gasteiger partial charge < -0.3 is 16.0 Å². The molecule has 0 aromatic carbocycles. The third-order valence-electron chi connectivity index (χ3n) is 3.71. The van der Waals surface area contributed by atoms with Crippen LogP contribution in [0.4, 0.5) is 4.79 Å². The highest BCUT2D eigenvalue weighted by atomic mass is 16.2. The third-order valence-corrected chi connectivity index (χ3v) is 3.71. The number of likely N-dealkylation sites (tertiary alicyclic amines) is 1. The van der Waals surface area contributed by atoms with Gasteiger partial charge in [0.25, 0.3) is 0 Å². The van der Waals surface area contributed by atoms with E-state index in [-0.39, 0.29) is 6.03 Å². The van der Waals surface area contributed by atoms with Crippen LogP contribution in [0.1, 0.15) is 19.3 Å². The smallest absolute Gasteiger partial charge is 0.321 e. The first-order valence-electron chi connectivity index (χ1n) is 6.14. The molecule has 1 aliphatic heterocycles. The summed E-state index contributed by atoms with van der Waals surface area (Å²) in [5.74, 6) is 1.43. The van der Waals surface area contributed by atoms with Crippen molar-refractivity contribution >= 4 is 12.2 Å². The van der Waals surface area contributed by atoms with Crippen molar-refractivity contribution in [1.29, 1.82) is 0 Å². The van der Waals surface area contributed by atoms with E-state index in [9.17, 15) is 4.79 Å². The van der Waals surface area contributed by atoms with Gasteiger partial charge in [-0.05, 0) is 24.7 Å². The van der Waals surface area contributed by atoms with Gasteiger partial charge in [-0.1, -0.05) is 6.42 Å². The van der Waals surface area contributed by atoms with E-state index >= 15 is 0 Å². The van der Waals surface area contributed by atoms with Crippen molar-refractivity contribution in [3.63, 3.8) is 0 Å². The highest BCUT2D eigenvalue weighted by Crippen LogP contribution is 2.37. The number of nitrogens with one attached hydrogen (secondary N) is 1. The molecule has 5 heteroatoms. The number of carbonyl (C=O) groups excluding carboxylic acids is 1. The average Bonchev–Trinajstić information content (AvgIpc) is 2.88. The second-order valence-corrected chi connectivity index (χ2v) is 4.80. The van der Waals surface area contributed by atoms with Gasteiger partial charge in [0.15, 0.2) is 0 Å². The van der Waals surface area contributed by atoms with Crippen LogP contribution in [0.25, 0.3) is 0 Å². The Morgan fingerprint density at radius 1 is 1.41 bits per heavy atom. The molecule has 0 aromatic heterocycles. The monoisotopic (exact) mass is 236 g/mol. The van der Waals surface area contributed by atoms with Crippen molar-refractivity contribution in [2.24, 2.45) is 22.6 Å². The molecule has 0 aromatic rings. The molecule has 3 N–H and O–H groups in total. The van der Waals surface area contributed by atoms with Crippen molar-refractivity contribution in [3.8, 4) is 0 Å². The van der Waals surface area contributed by atoms with Gasteiger partial charge in [0.05, 0.1) is 5.70 Å². The van der Waals surface area contributed by atoms with E-state index < -0.39 is 0 Å². The standard InChI is InChI=1S/C12H20N4O/c1-14-6-11(5-13)15-12(17)16-7-9-3-2-4-10(9)8-16/h5-6,9-10H,2-4,7-8,13H2,1H3,(H,15,17)/b11-5+,14-6?. The van der Waals surface area contributed by atoms with Gasteiger partial charge in [-0.3, -0.25) is 4.99 Å². The second kappa shape index (κ2) is 5.21. The normalized spacial score (nSPS) is 28.8. The molecule has 5 nitrogen and oxygen atoms in total. The van der Waals surface area contributed by atoms with Crippen LogP contribution in [0.5, 0.6) is 0 Å². The van der Waals surface area contributed by atoms with Gasteiger partial charge in [-0.15, -0.1) is 0 Å². The summed E-state index contributed by atoms with van der Waals surface area (Å²) in [5, 5.41) is 2.77. The predicted octanol–water partition coefficient (Wildman–Crippen LogP) is 0.929. The Balaban J connectivity index is 1.89. The van der Waals surface area contributed by atoms with Gasteiger partial charge in [0.2, 0.25) is 0 Å². The van der Waals surface area contributed by atoms with Crippen LogP contribution in [0.3, 0.4) is 0 Å². The summed E-state index contributed by atoms with van der Waals surface area (Å²) in [4.78, 5) is 17.7. The molecule has 2 fully saturated rings. The molecule has 2 aliphatic rings. The maximum Gasteiger partial charge on any atom is 0.321 e. The number of nitrogens with zero attached hydrogens (tertiary/aromatic N) is 2. The van der Waals surface area contributed by atoms with Gasteiger partial charge >= 0.3 is 6.03 Å². The quantitative estimate of drug-likeness (QED) is 0.700. The van der Waals surface area contributed by atoms with E-state index in [1.807, 2.05) is 4.90 Å². The molecular weight excluding hydrogens is 216 g/mol. The van der Waals surface area contributed by atoms with Crippen LogP contribution in [0.15, 0.2) is 16.9 Å². The molecule has 0 radical (unpaired) electrons. The Labute approximate surface area is 102 Å². The summed E-state index contributed by atoms with van der Waals surface area (Å²) in [7, 11) is 1.65. The summed E-state index contributed by atoms with van der Waals surface area (Å²) in [5.41, 5.74) is 5.96. The first kappa shape index (κ1) is 12.0. The number of amides is 2. The van der Waals surface area contributed by atoms with Gasteiger partial charge in [0, 0.05) is 32.6 Å². The first-order valence-corrected chi connectivity index (χ1v) is 6.14. The summed E-state index contributed by atoms with van der Waals surface area (Å²) in [6.45, 7) is 1.77. The number of aliphatic imine (C=N–C) groups is 1. The van der Waals surface area contributed by atoms with Gasteiger partial charge in [-0.2, -0.15) is 0 Å². The number of hydrogen-bond acceptors (Lipinski definition) is 3. The third kappa shape index (κ3) is 2.60. The fraction of sp³-hybridized carbons (Fsp3) is 0.667. The lowest BCUT2D eigenvalue weighted by atomic mass is 10.0. The first-order chi connectivity index (χ1) is 8.24. The zero-order valence-corrected chi connectivity index (χ0v) is 10.2. The molecule has 2 atom stereocenters. The van der Waals surface area contributed by atoms with E-state index in [2.05, 4.69) is 10.3 Å². The lowest BCUT2D eigenvalue weighted by molar-refractivity contribution is 0.208. The predicted molar refractivity (Wildman–Crippen MR) is 67.6 cm³/mol. The molecule has 1 aliphatic carbocycles. The molecule has 17 heavy (non-hydrogen) atoms. The lowest BCUT2D eigenvalue weighted by Crippen LogP contribution is -2.39. The van der Waals surface area contributed by atoms with E-state index in [1.54, 1.807) is 13.3 Å². The van der Waals surface area contributed by atoms with Crippen LogP contribution in [0.2, 0.25) is 0 Å². The average molecular weight is 236 g/mol. The molecule has 2 amide bonds. The second-order valence-electron chi connectivity index (χ2n) is 4.80. The lowest BCUT2D eigenvalue weighted by Gasteiger charge is -2.18. The molecule has 94 valence electrons. The van der Waals surface area contributed by atoms with Crippen LogP contribution in [-0.2, 0) is 0 Å². The fourth-order valence-corrected chi connectivity index (χ4v) is 2.86.